The van der Waals surface area contributed by atoms with Gasteiger partial charge in [0.2, 0.25) is 0 Å². The van der Waals surface area contributed by atoms with Crippen LogP contribution in [0.25, 0.3) is 5.65 Å². The van der Waals surface area contributed by atoms with E-state index in [2.05, 4.69) is 53.4 Å². The van der Waals surface area contributed by atoms with Crippen LogP contribution in [0.3, 0.4) is 0 Å². The first kappa shape index (κ1) is 15.9. The lowest BCUT2D eigenvalue weighted by molar-refractivity contribution is 0.0519. The number of morpholine rings is 1. The van der Waals surface area contributed by atoms with Crippen LogP contribution in [0.15, 0.2) is 10.8 Å². The summed E-state index contributed by atoms with van der Waals surface area (Å²) in [4.78, 5) is 23.2. The van der Waals surface area contributed by atoms with Crippen molar-refractivity contribution >= 4 is 56.0 Å². The zero-order valence-electron chi connectivity index (χ0n) is 11.9. The van der Waals surface area contributed by atoms with Gasteiger partial charge in [0.05, 0.1) is 19.8 Å². The lowest BCUT2D eigenvalue weighted by Gasteiger charge is -2.28. The summed E-state index contributed by atoms with van der Waals surface area (Å²) in [5.41, 5.74) is 0.900. The molecule has 3 heterocycles. The summed E-state index contributed by atoms with van der Waals surface area (Å²) in [5.74, 6) is 0.312. The Balaban J connectivity index is 2.12. The molecule has 0 radical (unpaired) electrons. The topological polar surface area (TPSA) is 69.0 Å². The van der Waals surface area contributed by atoms with E-state index in [9.17, 15) is 4.79 Å². The highest BCUT2D eigenvalue weighted by molar-refractivity contribution is 14.1. The third-order valence-corrected chi connectivity index (χ3v) is 4.56. The number of carbonyl (C=O) groups excluding carboxylic acids is 1. The fourth-order valence-electron chi connectivity index (χ4n) is 2.29. The first-order valence-electron chi connectivity index (χ1n) is 6.85. The maximum absolute atomic E-state index is 12.0. The Bertz CT molecular complexity index is 715. The van der Waals surface area contributed by atoms with Gasteiger partial charge in [0.25, 0.3) is 0 Å². The summed E-state index contributed by atoms with van der Waals surface area (Å²) >= 11 is 5.60. The molecule has 0 N–H and O–H groups in total. The number of halogens is 2. The number of nitrogens with zero attached hydrogens (tertiary/aromatic N) is 4. The average molecular weight is 481 g/mol. The fraction of sp³-hybridized carbons (Fsp3) is 0.462. The predicted octanol–water partition coefficient (Wildman–Crippen LogP) is 2.11. The standard InChI is InChI=1S/C13H14BrIN4O3/c1-2-22-13(20)9-10(14)19-7-8(15)16-11(12(19)17-9)18-3-5-21-6-4-18/h7H,2-6H2,1H3. The molecule has 1 aliphatic heterocycles. The second-order valence-corrected chi connectivity index (χ2v) is 6.51. The Morgan fingerprint density at radius 3 is 2.86 bits per heavy atom. The summed E-state index contributed by atoms with van der Waals surface area (Å²) in [6, 6.07) is 0. The average Bonchev–Trinajstić information content (AvgIpc) is 2.85. The van der Waals surface area contributed by atoms with E-state index in [0.717, 1.165) is 22.6 Å². The predicted molar refractivity (Wildman–Crippen MR) is 92.4 cm³/mol. The molecule has 1 aliphatic rings. The third kappa shape index (κ3) is 2.93. The summed E-state index contributed by atoms with van der Waals surface area (Å²) in [5, 5.41) is 0. The van der Waals surface area contributed by atoms with Gasteiger partial charge in [-0.05, 0) is 45.4 Å². The van der Waals surface area contributed by atoms with E-state index in [1.54, 1.807) is 6.92 Å². The van der Waals surface area contributed by atoms with Crippen molar-refractivity contribution in [2.75, 3.05) is 37.8 Å². The monoisotopic (exact) mass is 480 g/mol. The number of rotatable bonds is 3. The Morgan fingerprint density at radius 1 is 1.45 bits per heavy atom. The molecule has 7 nitrogen and oxygen atoms in total. The van der Waals surface area contributed by atoms with E-state index < -0.39 is 5.97 Å². The van der Waals surface area contributed by atoms with Crippen LogP contribution in [-0.4, -0.2) is 53.2 Å². The second kappa shape index (κ2) is 6.67. The number of imidazole rings is 1. The van der Waals surface area contributed by atoms with Gasteiger partial charge in [-0.3, -0.25) is 4.40 Å². The highest BCUT2D eigenvalue weighted by atomic mass is 127. The number of aromatic nitrogens is 3. The number of ether oxygens (including phenoxy) is 2. The largest absolute Gasteiger partial charge is 0.461 e. The van der Waals surface area contributed by atoms with E-state index >= 15 is 0 Å². The van der Waals surface area contributed by atoms with Crippen molar-refractivity contribution in [1.29, 1.82) is 0 Å². The molecule has 2 aromatic rings. The van der Waals surface area contributed by atoms with Crippen LogP contribution in [0.4, 0.5) is 5.82 Å². The van der Waals surface area contributed by atoms with Gasteiger partial charge in [-0.15, -0.1) is 0 Å². The SMILES string of the molecule is CCOC(=O)c1nc2c(N3CCOCC3)nc(I)cn2c1Br. The third-order valence-electron chi connectivity index (χ3n) is 3.28. The molecule has 0 saturated carbocycles. The molecule has 22 heavy (non-hydrogen) atoms. The fourth-order valence-corrected chi connectivity index (χ4v) is 3.32. The zero-order valence-corrected chi connectivity index (χ0v) is 15.6. The van der Waals surface area contributed by atoms with E-state index in [-0.39, 0.29) is 5.69 Å². The highest BCUT2D eigenvalue weighted by Gasteiger charge is 2.24. The summed E-state index contributed by atoms with van der Waals surface area (Å²) in [6.07, 6.45) is 1.83. The number of hydrogen-bond donors (Lipinski definition) is 0. The minimum atomic E-state index is -0.444. The Hall–Kier alpha value is -0.940. The molecule has 0 bridgehead atoms. The molecular formula is C13H14BrIN4O3. The molecular weight excluding hydrogens is 467 g/mol. The smallest absolute Gasteiger partial charge is 0.359 e. The van der Waals surface area contributed by atoms with Crippen molar-refractivity contribution in [2.45, 2.75) is 6.92 Å². The summed E-state index contributed by atoms with van der Waals surface area (Å²) in [6.45, 7) is 4.90. The molecule has 118 valence electrons. The van der Waals surface area contributed by atoms with Crippen LogP contribution in [0.2, 0.25) is 0 Å². The quantitative estimate of drug-likeness (QED) is 0.495. The van der Waals surface area contributed by atoms with Crippen molar-refractivity contribution in [3.8, 4) is 0 Å². The maximum atomic E-state index is 12.0. The highest BCUT2D eigenvalue weighted by Crippen LogP contribution is 2.27. The van der Waals surface area contributed by atoms with Crippen molar-refractivity contribution < 1.29 is 14.3 Å². The molecule has 0 aliphatic carbocycles. The van der Waals surface area contributed by atoms with Crippen molar-refractivity contribution in [3.05, 3.63) is 20.2 Å². The first-order chi connectivity index (χ1) is 10.6. The van der Waals surface area contributed by atoms with Crippen LogP contribution < -0.4 is 4.90 Å². The zero-order chi connectivity index (χ0) is 15.7. The molecule has 9 heteroatoms. The van der Waals surface area contributed by atoms with Gasteiger partial charge in [-0.1, -0.05) is 0 Å². The molecule has 1 saturated heterocycles. The molecule has 1 fully saturated rings. The first-order valence-corrected chi connectivity index (χ1v) is 8.73. The van der Waals surface area contributed by atoms with Gasteiger partial charge in [-0.2, -0.15) is 0 Å². The molecule has 0 unspecified atom stereocenters. The number of anilines is 1. The van der Waals surface area contributed by atoms with Gasteiger partial charge in [-0.25, -0.2) is 14.8 Å². The number of carbonyl (C=O) groups is 1. The summed E-state index contributed by atoms with van der Waals surface area (Å²) in [7, 11) is 0. The van der Waals surface area contributed by atoms with Crippen LogP contribution >= 0.6 is 38.5 Å². The van der Waals surface area contributed by atoms with Crippen LogP contribution in [0, 0.1) is 3.70 Å². The number of fused-ring (bicyclic) bond motifs is 1. The molecule has 0 amide bonds. The van der Waals surface area contributed by atoms with Crippen LogP contribution in [0.5, 0.6) is 0 Å². The van der Waals surface area contributed by atoms with Gasteiger partial charge in [0.15, 0.2) is 17.2 Å². The van der Waals surface area contributed by atoms with E-state index in [4.69, 9.17) is 9.47 Å². The van der Waals surface area contributed by atoms with Crippen LogP contribution in [-0.2, 0) is 9.47 Å². The molecule has 0 aromatic carbocycles. The second-order valence-electron chi connectivity index (χ2n) is 4.65. The number of hydrogen-bond acceptors (Lipinski definition) is 6. The van der Waals surface area contributed by atoms with E-state index in [1.165, 1.54) is 0 Å². The lowest BCUT2D eigenvalue weighted by Crippen LogP contribution is -2.37. The molecule has 0 atom stereocenters. The molecule has 3 rings (SSSR count). The van der Waals surface area contributed by atoms with Gasteiger partial charge in [0, 0.05) is 19.3 Å². The molecule has 0 spiro atoms. The van der Waals surface area contributed by atoms with E-state index in [1.807, 2.05) is 10.6 Å². The van der Waals surface area contributed by atoms with Gasteiger partial charge >= 0.3 is 5.97 Å². The van der Waals surface area contributed by atoms with E-state index in [0.29, 0.717) is 30.1 Å². The lowest BCUT2D eigenvalue weighted by atomic mass is 10.4. The Labute approximate surface area is 149 Å². The van der Waals surface area contributed by atoms with Crippen molar-refractivity contribution in [1.82, 2.24) is 14.4 Å². The number of esters is 1. The maximum Gasteiger partial charge on any atom is 0.359 e. The Morgan fingerprint density at radius 2 is 2.18 bits per heavy atom. The normalized spacial score (nSPS) is 15.3. The minimum absolute atomic E-state index is 0.264. The minimum Gasteiger partial charge on any atom is -0.461 e. The van der Waals surface area contributed by atoms with Crippen molar-refractivity contribution in [3.63, 3.8) is 0 Å². The van der Waals surface area contributed by atoms with Crippen LogP contribution in [0.1, 0.15) is 17.4 Å². The molecule has 2 aromatic heterocycles. The van der Waals surface area contributed by atoms with Crippen molar-refractivity contribution in [2.24, 2.45) is 0 Å². The Kier molecular flexibility index (Phi) is 4.83. The van der Waals surface area contributed by atoms with Gasteiger partial charge < -0.3 is 14.4 Å². The summed E-state index contributed by atoms with van der Waals surface area (Å²) < 4.78 is 13.7. The van der Waals surface area contributed by atoms with Gasteiger partial charge in [0.1, 0.15) is 8.30 Å².